The van der Waals surface area contributed by atoms with Crippen LogP contribution >= 0.6 is 39.1 Å². The van der Waals surface area contributed by atoms with Gasteiger partial charge in [-0.1, -0.05) is 11.6 Å². The van der Waals surface area contributed by atoms with Gasteiger partial charge in [-0.15, -0.1) is 0 Å². The van der Waals surface area contributed by atoms with Crippen molar-refractivity contribution in [2.45, 2.75) is 0 Å². The number of benzene rings is 1. The zero-order valence-corrected chi connectivity index (χ0v) is 11.2. The van der Waals surface area contributed by atoms with Crippen LogP contribution in [-0.4, -0.2) is 5.78 Å². The molecule has 17 heavy (non-hydrogen) atoms. The normalized spacial score (nSPS) is 10.6. The first-order valence-corrected chi connectivity index (χ1v) is 5.98. The van der Waals surface area contributed by atoms with Crippen molar-refractivity contribution >= 4 is 44.9 Å². The zero-order chi connectivity index (χ0) is 12.6. The number of rotatable bonds is 2. The molecule has 0 atom stereocenters. The maximum Gasteiger partial charge on any atom is 0.231 e. The molecule has 0 unspecified atom stereocenters. The molecule has 0 aliphatic heterocycles. The summed E-state index contributed by atoms with van der Waals surface area (Å²) >= 11 is 14.4. The Hall–Kier alpha value is -0.840. The number of carbonyl (C=O) groups excluding carboxylic acids is 1. The number of furan rings is 1. The van der Waals surface area contributed by atoms with Gasteiger partial charge in [-0.2, -0.15) is 0 Å². The van der Waals surface area contributed by atoms with Gasteiger partial charge in [0.15, 0.2) is 11.0 Å². The molecule has 0 saturated carbocycles. The molecular weight excluding hydrogens is 334 g/mol. The summed E-state index contributed by atoms with van der Waals surface area (Å²) in [5.74, 6) is -1.32. The van der Waals surface area contributed by atoms with Crippen LogP contribution in [0.25, 0.3) is 0 Å². The number of halogens is 4. The molecule has 2 rings (SSSR count). The average Bonchev–Trinajstić information content (AvgIpc) is 2.69. The van der Waals surface area contributed by atoms with Gasteiger partial charge >= 0.3 is 0 Å². The molecule has 0 spiro atoms. The van der Waals surface area contributed by atoms with E-state index in [0.29, 0.717) is 4.47 Å². The van der Waals surface area contributed by atoms with Crippen LogP contribution in [-0.2, 0) is 0 Å². The standard InChI is InChI=1S/C11H4BrCl2FO2/c12-6-4-8(15)5(3-7(6)13)11(16)9-1-2-10(14)17-9/h1-4H. The Balaban J connectivity index is 2.47. The largest absolute Gasteiger partial charge is 0.441 e. The molecule has 0 radical (unpaired) electrons. The third-order valence-corrected chi connectivity index (χ3v) is 3.45. The lowest BCUT2D eigenvalue weighted by Crippen LogP contribution is -2.03. The number of hydrogen-bond donors (Lipinski definition) is 0. The van der Waals surface area contributed by atoms with Crippen molar-refractivity contribution in [3.63, 3.8) is 0 Å². The molecule has 2 nitrogen and oxygen atoms in total. The van der Waals surface area contributed by atoms with Crippen LogP contribution in [0.5, 0.6) is 0 Å². The predicted molar refractivity (Wildman–Crippen MR) is 66.3 cm³/mol. The van der Waals surface area contributed by atoms with Gasteiger partial charge in [-0.3, -0.25) is 4.79 Å². The Morgan fingerprint density at radius 2 is 2.00 bits per heavy atom. The highest BCUT2D eigenvalue weighted by Crippen LogP contribution is 2.27. The molecule has 0 aliphatic carbocycles. The minimum absolute atomic E-state index is 0.0349. The fraction of sp³-hybridized carbons (Fsp3) is 0. The Morgan fingerprint density at radius 3 is 2.59 bits per heavy atom. The molecular formula is C11H4BrCl2FO2. The fourth-order valence-electron chi connectivity index (χ4n) is 1.27. The van der Waals surface area contributed by atoms with Crippen molar-refractivity contribution < 1.29 is 13.6 Å². The highest BCUT2D eigenvalue weighted by atomic mass is 79.9. The smallest absolute Gasteiger partial charge is 0.231 e. The van der Waals surface area contributed by atoms with Crippen LogP contribution in [0.1, 0.15) is 16.1 Å². The van der Waals surface area contributed by atoms with E-state index < -0.39 is 11.6 Å². The van der Waals surface area contributed by atoms with Crippen LogP contribution in [0.4, 0.5) is 4.39 Å². The first kappa shape index (κ1) is 12.6. The van der Waals surface area contributed by atoms with Gasteiger partial charge in [-0.25, -0.2) is 4.39 Å². The second kappa shape index (κ2) is 4.80. The van der Waals surface area contributed by atoms with E-state index in [1.165, 1.54) is 18.2 Å². The first-order chi connectivity index (χ1) is 7.99. The minimum atomic E-state index is -0.682. The van der Waals surface area contributed by atoms with Gasteiger partial charge in [0, 0.05) is 4.47 Å². The summed E-state index contributed by atoms with van der Waals surface area (Å²) in [6.07, 6.45) is 0. The topological polar surface area (TPSA) is 30.2 Å². The number of hydrogen-bond acceptors (Lipinski definition) is 2. The van der Waals surface area contributed by atoms with Crippen molar-refractivity contribution in [2.24, 2.45) is 0 Å². The van der Waals surface area contributed by atoms with Gasteiger partial charge in [0.1, 0.15) is 5.82 Å². The van der Waals surface area contributed by atoms with Crippen LogP contribution < -0.4 is 0 Å². The van der Waals surface area contributed by atoms with E-state index in [1.807, 2.05) is 0 Å². The zero-order valence-electron chi connectivity index (χ0n) is 8.14. The molecule has 1 aromatic heterocycles. The molecule has 0 aliphatic rings. The van der Waals surface area contributed by atoms with Crippen LogP contribution in [0.3, 0.4) is 0 Å². The van der Waals surface area contributed by atoms with Crippen LogP contribution in [0, 0.1) is 5.82 Å². The lowest BCUT2D eigenvalue weighted by atomic mass is 10.1. The van der Waals surface area contributed by atoms with Gasteiger partial charge in [0.2, 0.25) is 5.78 Å². The van der Waals surface area contributed by atoms with Crippen molar-refractivity contribution in [3.8, 4) is 0 Å². The highest BCUT2D eigenvalue weighted by molar-refractivity contribution is 9.10. The quantitative estimate of drug-likeness (QED) is 0.586. The molecule has 1 aromatic carbocycles. The molecule has 0 fully saturated rings. The Labute approximate surface area is 114 Å². The maximum atomic E-state index is 13.6. The SMILES string of the molecule is O=C(c1ccc(Cl)o1)c1cc(Cl)c(Br)cc1F. The lowest BCUT2D eigenvalue weighted by molar-refractivity contribution is 0.101. The summed E-state index contributed by atoms with van der Waals surface area (Å²) in [6, 6.07) is 5.15. The van der Waals surface area contributed by atoms with Crippen molar-refractivity contribution in [3.05, 3.63) is 56.1 Å². The summed E-state index contributed by atoms with van der Waals surface area (Å²) in [5.41, 5.74) is -0.163. The number of carbonyl (C=O) groups is 1. The molecule has 2 aromatic rings. The van der Waals surface area contributed by atoms with Crippen molar-refractivity contribution in [1.82, 2.24) is 0 Å². The monoisotopic (exact) mass is 336 g/mol. The maximum absolute atomic E-state index is 13.6. The van der Waals surface area contributed by atoms with E-state index in [4.69, 9.17) is 27.6 Å². The van der Waals surface area contributed by atoms with Gasteiger partial charge in [0.05, 0.1) is 10.6 Å². The highest BCUT2D eigenvalue weighted by Gasteiger charge is 2.19. The summed E-state index contributed by atoms with van der Waals surface area (Å²) in [5, 5.41) is 0.310. The summed E-state index contributed by atoms with van der Waals surface area (Å²) < 4.78 is 18.9. The molecule has 0 N–H and O–H groups in total. The van der Waals surface area contributed by atoms with Crippen molar-refractivity contribution in [2.75, 3.05) is 0 Å². The van der Waals surface area contributed by atoms with Crippen LogP contribution in [0.2, 0.25) is 10.2 Å². The third kappa shape index (κ3) is 2.54. The first-order valence-electron chi connectivity index (χ1n) is 4.43. The second-order valence-electron chi connectivity index (χ2n) is 3.18. The molecule has 6 heteroatoms. The average molecular weight is 338 g/mol. The van der Waals surface area contributed by atoms with Crippen LogP contribution in [0.15, 0.2) is 33.2 Å². The lowest BCUT2D eigenvalue weighted by Gasteiger charge is -2.02. The third-order valence-electron chi connectivity index (χ3n) is 2.05. The minimum Gasteiger partial charge on any atom is -0.441 e. The Morgan fingerprint density at radius 1 is 1.29 bits per heavy atom. The molecule has 88 valence electrons. The summed E-state index contributed by atoms with van der Waals surface area (Å²) in [6.45, 7) is 0. The van der Waals surface area contributed by atoms with E-state index in [2.05, 4.69) is 15.9 Å². The van der Waals surface area contributed by atoms with E-state index in [9.17, 15) is 9.18 Å². The summed E-state index contributed by atoms with van der Waals surface area (Å²) in [7, 11) is 0. The van der Waals surface area contributed by atoms with E-state index in [-0.39, 0.29) is 21.6 Å². The fourth-order valence-corrected chi connectivity index (χ4v) is 1.89. The molecule has 1 heterocycles. The van der Waals surface area contributed by atoms with E-state index in [0.717, 1.165) is 6.07 Å². The van der Waals surface area contributed by atoms with E-state index in [1.54, 1.807) is 0 Å². The van der Waals surface area contributed by atoms with Gasteiger partial charge in [-0.05, 0) is 51.8 Å². The van der Waals surface area contributed by atoms with Gasteiger partial charge in [0.25, 0.3) is 0 Å². The van der Waals surface area contributed by atoms with E-state index >= 15 is 0 Å². The van der Waals surface area contributed by atoms with Gasteiger partial charge < -0.3 is 4.42 Å². The molecule has 0 amide bonds. The predicted octanol–water partition coefficient (Wildman–Crippen LogP) is 4.72. The Bertz CT molecular complexity index is 595. The second-order valence-corrected chi connectivity index (χ2v) is 4.81. The molecule has 0 bridgehead atoms. The molecule has 0 saturated heterocycles. The Kier molecular flexibility index (Phi) is 3.56. The van der Waals surface area contributed by atoms with Crippen molar-refractivity contribution in [1.29, 1.82) is 0 Å². The summed E-state index contributed by atoms with van der Waals surface area (Å²) in [4.78, 5) is 11.9. The number of ketones is 1.